The third-order valence-electron chi connectivity index (χ3n) is 4.81. The topological polar surface area (TPSA) is 32.7 Å². The second kappa shape index (κ2) is 13.8. The smallest absolute Gasteiger partial charge is 0.273 e. The van der Waals surface area contributed by atoms with Crippen molar-refractivity contribution in [1.29, 1.82) is 0 Å². The summed E-state index contributed by atoms with van der Waals surface area (Å²) in [6.07, 6.45) is 0. The van der Waals surface area contributed by atoms with Gasteiger partial charge in [0.15, 0.2) is 0 Å². The van der Waals surface area contributed by atoms with Gasteiger partial charge in [-0.15, -0.1) is 11.1 Å². The first-order chi connectivity index (χ1) is 14.2. The van der Waals surface area contributed by atoms with Gasteiger partial charge in [0.25, 0.3) is 0 Å². The van der Waals surface area contributed by atoms with Crippen LogP contribution in [-0.2, 0) is 38.9 Å². The summed E-state index contributed by atoms with van der Waals surface area (Å²) in [5, 5.41) is 6.16. The summed E-state index contributed by atoms with van der Waals surface area (Å²) in [5.41, 5.74) is 3.24. The Hall–Kier alpha value is -2.42. The molecule has 31 heavy (non-hydrogen) atoms. The monoisotopic (exact) mass is 494 g/mol. The quantitative estimate of drug-likeness (QED) is 0.253. The SMILES string of the molecule is CC(=O)N1N=C([c-]2cccc2)C(C)C1[c-]1cccc1.[Fe+2].[Fe+2].c1cc[cH-]c1.c1cc[cH-]c1. The van der Waals surface area contributed by atoms with Gasteiger partial charge in [-0.2, -0.15) is 65.8 Å². The molecule has 162 valence electrons. The van der Waals surface area contributed by atoms with E-state index in [4.69, 9.17) is 0 Å². The van der Waals surface area contributed by atoms with Gasteiger partial charge in [-0.25, -0.2) is 53.5 Å². The molecule has 5 rings (SSSR count). The minimum atomic E-state index is -0.0143. The number of hydrogen-bond donors (Lipinski definition) is 0. The van der Waals surface area contributed by atoms with Gasteiger partial charge in [0.05, 0.1) is 0 Å². The zero-order valence-corrected chi connectivity index (χ0v) is 19.8. The molecule has 4 aromatic carbocycles. The van der Waals surface area contributed by atoms with Gasteiger partial charge in [-0.3, -0.25) is 4.79 Å². The molecule has 0 radical (unpaired) electrons. The third-order valence-corrected chi connectivity index (χ3v) is 4.81. The molecule has 0 bridgehead atoms. The summed E-state index contributed by atoms with van der Waals surface area (Å²) < 4.78 is 0. The number of carbonyl (C=O) groups is 1. The summed E-state index contributed by atoms with van der Waals surface area (Å²) in [6, 6.07) is 36.2. The summed E-state index contributed by atoms with van der Waals surface area (Å²) in [6.45, 7) is 3.70. The molecule has 2 unspecified atom stereocenters. The number of hydrogen-bond acceptors (Lipinski definition) is 2. The number of nitrogens with zero attached hydrogens (tertiary/aromatic N) is 2. The van der Waals surface area contributed by atoms with Crippen LogP contribution in [-0.4, -0.2) is 16.6 Å². The Labute approximate surface area is 206 Å². The molecule has 3 nitrogen and oxygen atoms in total. The Morgan fingerprint density at radius 1 is 0.839 bits per heavy atom. The van der Waals surface area contributed by atoms with Crippen molar-refractivity contribution in [3.63, 3.8) is 0 Å². The van der Waals surface area contributed by atoms with Crippen molar-refractivity contribution in [2.24, 2.45) is 11.0 Å². The molecule has 5 heteroatoms. The van der Waals surface area contributed by atoms with Crippen molar-refractivity contribution in [2.45, 2.75) is 19.9 Å². The van der Waals surface area contributed by atoms with E-state index in [1.807, 2.05) is 97.1 Å². The van der Waals surface area contributed by atoms with Gasteiger partial charge in [0.2, 0.25) is 5.91 Å². The molecule has 1 aliphatic heterocycles. The number of carbonyl (C=O) groups excluding carboxylic acids is 1. The molecule has 0 saturated heterocycles. The summed E-state index contributed by atoms with van der Waals surface area (Å²) in [5.74, 6) is 0.188. The zero-order chi connectivity index (χ0) is 20.5. The number of hydrazone groups is 1. The number of amides is 1. The second-order valence-corrected chi connectivity index (χ2v) is 6.90. The van der Waals surface area contributed by atoms with Crippen molar-refractivity contribution in [3.05, 3.63) is 120 Å². The van der Waals surface area contributed by atoms with Crippen LogP contribution >= 0.6 is 0 Å². The van der Waals surface area contributed by atoms with Gasteiger partial charge in [-0.05, 0) is 0 Å². The van der Waals surface area contributed by atoms with E-state index in [0.717, 1.165) is 16.8 Å². The predicted octanol–water partition coefficient (Wildman–Crippen LogP) is 5.87. The Kier molecular flexibility index (Phi) is 11.8. The van der Waals surface area contributed by atoms with Crippen LogP contribution in [0, 0.1) is 5.92 Å². The van der Waals surface area contributed by atoms with E-state index in [9.17, 15) is 4.79 Å². The molecule has 0 spiro atoms. The first-order valence-corrected chi connectivity index (χ1v) is 9.84. The molecule has 0 aromatic heterocycles. The largest absolute Gasteiger partial charge is 2.00 e. The Balaban J connectivity index is 0.000000331. The fourth-order valence-corrected chi connectivity index (χ4v) is 3.42. The Bertz CT molecular complexity index is 892. The molecule has 1 aliphatic rings. The summed E-state index contributed by atoms with van der Waals surface area (Å²) in [7, 11) is 0. The first-order valence-electron chi connectivity index (χ1n) is 9.84. The average molecular weight is 494 g/mol. The van der Waals surface area contributed by atoms with Crippen molar-refractivity contribution in [1.82, 2.24) is 5.01 Å². The van der Waals surface area contributed by atoms with Crippen LogP contribution in [0.25, 0.3) is 0 Å². The fourth-order valence-electron chi connectivity index (χ4n) is 3.42. The molecule has 4 aromatic rings. The Morgan fingerprint density at radius 3 is 1.68 bits per heavy atom. The average Bonchev–Trinajstić information content (AvgIpc) is 3.56. The van der Waals surface area contributed by atoms with Gasteiger partial charge < -0.3 is 0 Å². The van der Waals surface area contributed by atoms with E-state index in [1.165, 1.54) is 0 Å². The molecule has 0 N–H and O–H groups in total. The van der Waals surface area contributed by atoms with Gasteiger partial charge in [0.1, 0.15) is 0 Å². The maximum atomic E-state index is 11.8. The Morgan fingerprint density at radius 2 is 1.29 bits per heavy atom. The molecule has 0 fully saturated rings. The fraction of sp³-hybridized carbons (Fsp3) is 0.154. The summed E-state index contributed by atoms with van der Waals surface area (Å²) in [4.78, 5) is 11.8. The maximum absolute atomic E-state index is 11.8. The van der Waals surface area contributed by atoms with Gasteiger partial charge >= 0.3 is 34.1 Å². The van der Waals surface area contributed by atoms with Crippen LogP contribution in [0.4, 0.5) is 0 Å². The maximum Gasteiger partial charge on any atom is 2.00 e. The number of rotatable bonds is 2. The van der Waals surface area contributed by atoms with Crippen molar-refractivity contribution in [2.75, 3.05) is 0 Å². The molecule has 0 aliphatic carbocycles. The van der Waals surface area contributed by atoms with Crippen LogP contribution in [0.5, 0.6) is 0 Å². The van der Waals surface area contributed by atoms with Crippen LogP contribution in [0.15, 0.2) is 114 Å². The molecule has 1 heterocycles. The van der Waals surface area contributed by atoms with Crippen molar-refractivity contribution in [3.8, 4) is 0 Å². The minimum Gasteiger partial charge on any atom is -0.273 e. The van der Waals surface area contributed by atoms with E-state index in [2.05, 4.69) is 24.2 Å². The predicted molar refractivity (Wildman–Crippen MR) is 119 cm³/mol. The summed E-state index contributed by atoms with van der Waals surface area (Å²) >= 11 is 0. The molecular weight excluding hydrogens is 468 g/mol. The third kappa shape index (κ3) is 7.34. The molecule has 1 amide bonds. The minimum absolute atomic E-state index is 0. The molecule has 0 saturated carbocycles. The van der Waals surface area contributed by atoms with Crippen molar-refractivity contribution < 1.29 is 38.9 Å². The van der Waals surface area contributed by atoms with Crippen LogP contribution < -0.4 is 0 Å². The van der Waals surface area contributed by atoms with E-state index in [-0.39, 0.29) is 52.0 Å². The molecular formula is C26H26Fe2N2O. The van der Waals surface area contributed by atoms with E-state index in [1.54, 1.807) is 11.9 Å². The van der Waals surface area contributed by atoms with Crippen LogP contribution in [0.1, 0.15) is 31.0 Å². The van der Waals surface area contributed by atoms with E-state index < -0.39 is 0 Å². The first kappa shape index (κ1) is 26.6. The van der Waals surface area contributed by atoms with E-state index in [0.29, 0.717) is 0 Å². The van der Waals surface area contributed by atoms with Crippen LogP contribution in [0.2, 0.25) is 0 Å². The second-order valence-electron chi connectivity index (χ2n) is 6.90. The normalized spacial score (nSPS) is 16.5. The van der Waals surface area contributed by atoms with Gasteiger partial charge in [0, 0.05) is 24.6 Å². The van der Waals surface area contributed by atoms with Crippen LogP contribution in [0.3, 0.4) is 0 Å². The van der Waals surface area contributed by atoms with Gasteiger partial charge in [-0.1, -0.05) is 6.92 Å². The van der Waals surface area contributed by atoms with E-state index >= 15 is 0 Å². The van der Waals surface area contributed by atoms with Crippen molar-refractivity contribution >= 4 is 11.6 Å². The zero-order valence-electron chi connectivity index (χ0n) is 17.6. The standard InChI is InChI=1S/C16H16N2O.2C5H5.2Fe/c1-11-15(13-7-3-4-8-13)17-18(12(2)19)16(11)14-9-5-6-10-14;2*1-2-4-5-3-1;;/h3-11,16H,1-2H3;2*1-5H;;/q-2;2*-1;2*+2. The molecule has 2 atom stereocenters.